The van der Waals surface area contributed by atoms with E-state index in [1.165, 1.54) is 0 Å². The van der Waals surface area contributed by atoms with E-state index < -0.39 is 0 Å². The highest BCUT2D eigenvalue weighted by Gasteiger charge is 2.11. The average Bonchev–Trinajstić information content (AvgIpc) is 2.49. The molecule has 0 aliphatic heterocycles. The van der Waals surface area contributed by atoms with Gasteiger partial charge in [-0.25, -0.2) is 0 Å². The van der Waals surface area contributed by atoms with Crippen molar-refractivity contribution in [2.45, 2.75) is 0 Å². The molecule has 0 bridgehead atoms. The predicted octanol–water partition coefficient (Wildman–Crippen LogP) is 2.93. The van der Waals surface area contributed by atoms with E-state index in [1.54, 1.807) is 24.4 Å². The number of amides is 1. The van der Waals surface area contributed by atoms with Crippen molar-refractivity contribution < 1.29 is 4.79 Å². The maximum atomic E-state index is 12.3. The zero-order chi connectivity index (χ0) is 13.9. The monoisotopic (exact) mass is 284 g/mol. The molecule has 6 heteroatoms. The van der Waals surface area contributed by atoms with Gasteiger partial charge >= 0.3 is 0 Å². The van der Waals surface area contributed by atoms with E-state index in [0.717, 1.165) is 5.39 Å². The summed E-state index contributed by atoms with van der Waals surface area (Å²) in [7, 11) is 0. The van der Waals surface area contributed by atoms with Crippen LogP contribution in [0.4, 0.5) is 5.82 Å². The van der Waals surface area contributed by atoms with Gasteiger partial charge in [-0.05, 0) is 24.3 Å². The first-order chi connectivity index (χ1) is 9.74. The number of aromatic nitrogens is 3. The van der Waals surface area contributed by atoms with Gasteiger partial charge < -0.3 is 5.32 Å². The summed E-state index contributed by atoms with van der Waals surface area (Å²) in [6.07, 6.45) is 1.65. The van der Waals surface area contributed by atoms with Crippen LogP contribution in [-0.4, -0.2) is 21.1 Å². The third-order valence-electron chi connectivity index (χ3n) is 2.75. The molecule has 3 rings (SSSR count). The standard InChI is InChI=1S/C14H9ClN4O/c15-11-6-7-12(19-18-11)17-14(20)10-5-1-3-9-4-2-8-16-13(9)10/h1-8H,(H,17,19,20). The molecule has 5 nitrogen and oxygen atoms in total. The number of nitrogens with zero attached hydrogens (tertiary/aromatic N) is 3. The van der Waals surface area contributed by atoms with Gasteiger partial charge in [-0.1, -0.05) is 29.8 Å². The molecule has 2 heterocycles. The summed E-state index contributed by atoms with van der Waals surface area (Å²) in [5.74, 6) is 0.0539. The summed E-state index contributed by atoms with van der Waals surface area (Å²) in [5, 5.41) is 11.3. The number of para-hydroxylation sites is 1. The Kier molecular flexibility index (Phi) is 3.26. The van der Waals surface area contributed by atoms with Gasteiger partial charge in [-0.2, -0.15) is 0 Å². The normalized spacial score (nSPS) is 10.4. The summed E-state index contributed by atoms with van der Waals surface area (Å²) in [5.41, 5.74) is 1.13. The number of hydrogen-bond acceptors (Lipinski definition) is 4. The third-order valence-corrected chi connectivity index (χ3v) is 2.95. The number of benzene rings is 1. The Labute approximate surface area is 119 Å². The van der Waals surface area contributed by atoms with Crippen molar-refractivity contribution in [3.05, 3.63) is 59.4 Å². The van der Waals surface area contributed by atoms with Crippen LogP contribution in [0, 0.1) is 0 Å². The predicted molar refractivity (Wildman–Crippen MR) is 76.7 cm³/mol. The smallest absolute Gasteiger partial charge is 0.259 e. The van der Waals surface area contributed by atoms with E-state index in [9.17, 15) is 4.79 Å². The largest absolute Gasteiger partial charge is 0.305 e. The van der Waals surface area contributed by atoms with Crippen molar-refractivity contribution in [2.24, 2.45) is 0 Å². The number of carbonyl (C=O) groups is 1. The molecule has 1 amide bonds. The maximum absolute atomic E-state index is 12.3. The van der Waals surface area contributed by atoms with Gasteiger partial charge in [0.1, 0.15) is 0 Å². The van der Waals surface area contributed by atoms with E-state index in [0.29, 0.717) is 16.9 Å². The number of fused-ring (bicyclic) bond motifs is 1. The second kappa shape index (κ2) is 5.22. The molecule has 0 aliphatic carbocycles. The second-order valence-corrected chi connectivity index (χ2v) is 4.46. The molecule has 0 spiro atoms. The molecule has 2 aromatic heterocycles. The van der Waals surface area contributed by atoms with E-state index in [-0.39, 0.29) is 11.1 Å². The first-order valence-corrected chi connectivity index (χ1v) is 6.26. The highest BCUT2D eigenvalue weighted by Crippen LogP contribution is 2.17. The molecular formula is C14H9ClN4O. The summed E-state index contributed by atoms with van der Waals surface area (Å²) < 4.78 is 0. The van der Waals surface area contributed by atoms with Crippen LogP contribution in [-0.2, 0) is 0 Å². The lowest BCUT2D eigenvalue weighted by molar-refractivity contribution is 0.102. The molecule has 98 valence electrons. The minimum Gasteiger partial charge on any atom is -0.305 e. The van der Waals surface area contributed by atoms with Crippen LogP contribution in [0.15, 0.2) is 48.7 Å². The minimum absolute atomic E-state index is 0.273. The fourth-order valence-electron chi connectivity index (χ4n) is 1.85. The first-order valence-electron chi connectivity index (χ1n) is 5.88. The van der Waals surface area contributed by atoms with Crippen LogP contribution >= 0.6 is 11.6 Å². The highest BCUT2D eigenvalue weighted by molar-refractivity contribution is 6.29. The lowest BCUT2D eigenvalue weighted by atomic mass is 10.1. The number of hydrogen-bond donors (Lipinski definition) is 1. The van der Waals surface area contributed by atoms with Crippen LogP contribution in [0.1, 0.15) is 10.4 Å². The fourth-order valence-corrected chi connectivity index (χ4v) is 1.95. The van der Waals surface area contributed by atoms with E-state index in [1.807, 2.05) is 24.3 Å². The van der Waals surface area contributed by atoms with Crippen molar-refractivity contribution in [1.29, 1.82) is 0 Å². The topological polar surface area (TPSA) is 67.8 Å². The van der Waals surface area contributed by atoms with Crippen molar-refractivity contribution >= 4 is 34.2 Å². The first kappa shape index (κ1) is 12.5. The Morgan fingerprint density at radius 1 is 1.05 bits per heavy atom. The Balaban J connectivity index is 1.94. The van der Waals surface area contributed by atoms with E-state index in [4.69, 9.17) is 11.6 Å². The second-order valence-electron chi connectivity index (χ2n) is 4.08. The quantitative estimate of drug-likeness (QED) is 0.785. The van der Waals surface area contributed by atoms with Gasteiger partial charge in [-0.3, -0.25) is 9.78 Å². The molecule has 0 fully saturated rings. The third kappa shape index (κ3) is 2.44. The summed E-state index contributed by atoms with van der Waals surface area (Å²) in [6.45, 7) is 0. The number of anilines is 1. The van der Waals surface area contributed by atoms with Crippen molar-refractivity contribution in [3.63, 3.8) is 0 Å². The maximum Gasteiger partial charge on any atom is 0.259 e. The molecule has 20 heavy (non-hydrogen) atoms. The van der Waals surface area contributed by atoms with Crippen LogP contribution in [0.3, 0.4) is 0 Å². The average molecular weight is 285 g/mol. The molecular weight excluding hydrogens is 276 g/mol. The number of halogens is 1. The van der Waals surface area contributed by atoms with Crippen LogP contribution in [0.25, 0.3) is 10.9 Å². The van der Waals surface area contributed by atoms with Crippen molar-refractivity contribution in [1.82, 2.24) is 15.2 Å². The van der Waals surface area contributed by atoms with Gasteiger partial charge in [0.15, 0.2) is 11.0 Å². The molecule has 0 radical (unpaired) electrons. The SMILES string of the molecule is O=C(Nc1ccc(Cl)nn1)c1cccc2cccnc12. The summed E-state index contributed by atoms with van der Waals surface area (Å²) >= 11 is 5.65. The Morgan fingerprint density at radius 3 is 2.70 bits per heavy atom. The van der Waals surface area contributed by atoms with Gasteiger partial charge in [0.25, 0.3) is 5.91 Å². The van der Waals surface area contributed by atoms with Crippen LogP contribution in [0.2, 0.25) is 5.15 Å². The van der Waals surface area contributed by atoms with Gasteiger partial charge in [-0.15, -0.1) is 10.2 Å². The van der Waals surface area contributed by atoms with Gasteiger partial charge in [0.05, 0.1) is 11.1 Å². The molecule has 0 aliphatic rings. The molecule has 3 aromatic rings. The molecule has 0 saturated heterocycles. The molecule has 0 unspecified atom stereocenters. The molecule has 0 saturated carbocycles. The Hall–Kier alpha value is -2.53. The van der Waals surface area contributed by atoms with E-state index in [2.05, 4.69) is 20.5 Å². The lowest BCUT2D eigenvalue weighted by Gasteiger charge is -2.06. The number of carbonyl (C=O) groups excluding carboxylic acids is 1. The Morgan fingerprint density at radius 2 is 1.90 bits per heavy atom. The number of nitrogens with one attached hydrogen (secondary N) is 1. The molecule has 0 atom stereocenters. The zero-order valence-electron chi connectivity index (χ0n) is 10.2. The lowest BCUT2D eigenvalue weighted by Crippen LogP contribution is -2.14. The van der Waals surface area contributed by atoms with Gasteiger partial charge in [0, 0.05) is 11.6 Å². The summed E-state index contributed by atoms with van der Waals surface area (Å²) in [6, 6.07) is 12.3. The van der Waals surface area contributed by atoms with Crippen LogP contribution < -0.4 is 5.32 Å². The molecule has 1 aromatic carbocycles. The molecule has 1 N–H and O–H groups in total. The van der Waals surface area contributed by atoms with Crippen LogP contribution in [0.5, 0.6) is 0 Å². The summed E-state index contributed by atoms with van der Waals surface area (Å²) in [4.78, 5) is 16.5. The zero-order valence-corrected chi connectivity index (χ0v) is 11.0. The van der Waals surface area contributed by atoms with Gasteiger partial charge in [0.2, 0.25) is 0 Å². The highest BCUT2D eigenvalue weighted by atomic mass is 35.5. The Bertz CT molecular complexity index is 768. The van der Waals surface area contributed by atoms with E-state index >= 15 is 0 Å². The number of pyridine rings is 1. The van der Waals surface area contributed by atoms with Crippen molar-refractivity contribution in [2.75, 3.05) is 5.32 Å². The van der Waals surface area contributed by atoms with Crippen molar-refractivity contribution in [3.8, 4) is 0 Å². The minimum atomic E-state index is -0.286. The number of rotatable bonds is 2. The fraction of sp³-hybridized carbons (Fsp3) is 0.